The third-order valence-electron chi connectivity index (χ3n) is 7.88. The molecule has 0 spiro atoms. The van der Waals surface area contributed by atoms with Gasteiger partial charge in [0.15, 0.2) is 0 Å². The van der Waals surface area contributed by atoms with Gasteiger partial charge in [0.05, 0.1) is 30.0 Å². The predicted molar refractivity (Wildman–Crippen MR) is 127 cm³/mol. The molecule has 1 heterocycles. The fourth-order valence-electron chi connectivity index (χ4n) is 6.26. The lowest BCUT2D eigenvalue weighted by molar-refractivity contribution is -0.137. The molecule has 1 aromatic carbocycles. The smallest absolute Gasteiger partial charge is 0.416 e. The maximum atomic E-state index is 13.8. The Hall–Kier alpha value is -2.71. The van der Waals surface area contributed by atoms with Crippen molar-refractivity contribution < 1.29 is 32.2 Å². The van der Waals surface area contributed by atoms with Crippen molar-refractivity contribution in [3.63, 3.8) is 0 Å². The van der Waals surface area contributed by atoms with Crippen LogP contribution in [0.25, 0.3) is 0 Å². The van der Waals surface area contributed by atoms with Crippen LogP contribution in [0.1, 0.15) is 70.0 Å². The van der Waals surface area contributed by atoms with Gasteiger partial charge in [0.2, 0.25) is 0 Å². The van der Waals surface area contributed by atoms with E-state index < -0.39 is 30.0 Å². The number of fused-ring (bicyclic) bond motifs is 3. The Labute approximate surface area is 209 Å². The number of carbonyl (C=O) groups excluding carboxylic acids is 2. The number of hydrogen-bond acceptors (Lipinski definition) is 4. The van der Waals surface area contributed by atoms with Crippen LogP contribution in [-0.2, 0) is 15.7 Å². The van der Waals surface area contributed by atoms with Crippen molar-refractivity contribution in [2.24, 2.45) is 17.8 Å². The molecule has 196 valence electrons. The maximum absolute atomic E-state index is 13.8. The minimum atomic E-state index is -4.56. The van der Waals surface area contributed by atoms with E-state index in [1.165, 1.54) is 11.0 Å². The first-order valence-corrected chi connectivity index (χ1v) is 12.9. The molecule has 2 fully saturated rings. The van der Waals surface area contributed by atoms with Crippen LogP contribution in [0.3, 0.4) is 0 Å². The fraction of sp³-hybridized carbons (Fsp3) is 0.630. The van der Waals surface area contributed by atoms with Crippen LogP contribution in [0, 0.1) is 17.8 Å². The van der Waals surface area contributed by atoms with Gasteiger partial charge in [-0.3, -0.25) is 9.80 Å². The molecule has 9 heteroatoms. The van der Waals surface area contributed by atoms with Crippen LogP contribution in [-0.4, -0.2) is 41.9 Å². The number of alkyl halides is 3. The highest BCUT2D eigenvalue weighted by Crippen LogP contribution is 2.52. The van der Waals surface area contributed by atoms with Crippen LogP contribution in [0.4, 0.5) is 28.4 Å². The quantitative estimate of drug-likeness (QED) is 0.417. The zero-order valence-corrected chi connectivity index (χ0v) is 20.8. The molecule has 0 aromatic heterocycles. The largest absolute Gasteiger partial charge is 0.450 e. The summed E-state index contributed by atoms with van der Waals surface area (Å²) in [6.07, 6.45) is 2.18. The molecule has 36 heavy (non-hydrogen) atoms. The first kappa shape index (κ1) is 25.0. The number of carbonyl (C=O) groups is 2. The van der Waals surface area contributed by atoms with Crippen molar-refractivity contribution in [2.75, 3.05) is 11.5 Å². The molecule has 2 amide bonds. The lowest BCUT2D eigenvalue weighted by Gasteiger charge is -2.46. The SMILES string of the molecule is CCOC(=O)N(C1CC(C2CC2)N(C(=O)OC(C)C)c2ccc(C(F)(F)F)cc21)C1C[C@@H]2C=C[C@H]1C2. The zero-order valence-electron chi connectivity index (χ0n) is 20.8. The highest BCUT2D eigenvalue weighted by Gasteiger charge is 2.51. The predicted octanol–water partition coefficient (Wildman–Crippen LogP) is 6.70. The molecular formula is C27H33F3N2O4. The first-order chi connectivity index (χ1) is 17.1. The Morgan fingerprint density at radius 3 is 2.44 bits per heavy atom. The second kappa shape index (κ2) is 9.30. The molecule has 2 saturated carbocycles. The highest BCUT2D eigenvalue weighted by molar-refractivity contribution is 5.91. The lowest BCUT2D eigenvalue weighted by Crippen LogP contribution is -2.53. The number of ether oxygens (including phenoxy) is 2. The molecule has 6 nitrogen and oxygen atoms in total. The molecule has 0 saturated heterocycles. The summed E-state index contributed by atoms with van der Waals surface area (Å²) in [5, 5.41) is 0. The molecule has 5 atom stereocenters. The molecule has 0 N–H and O–H groups in total. The maximum Gasteiger partial charge on any atom is 0.416 e. The summed E-state index contributed by atoms with van der Waals surface area (Å²) < 4.78 is 52.4. The Kier molecular flexibility index (Phi) is 6.45. The Balaban J connectivity index is 1.63. The van der Waals surface area contributed by atoms with E-state index >= 15 is 0 Å². The van der Waals surface area contributed by atoms with Crippen molar-refractivity contribution in [3.05, 3.63) is 41.5 Å². The van der Waals surface area contributed by atoms with E-state index in [9.17, 15) is 22.8 Å². The summed E-state index contributed by atoms with van der Waals surface area (Å²) in [5.41, 5.74) is -0.0954. The van der Waals surface area contributed by atoms with Crippen LogP contribution in [0.2, 0.25) is 0 Å². The minimum Gasteiger partial charge on any atom is -0.450 e. The van der Waals surface area contributed by atoms with E-state index in [0.717, 1.165) is 37.8 Å². The number of nitrogens with zero attached hydrogens (tertiary/aromatic N) is 2. The number of halogens is 3. The van der Waals surface area contributed by atoms with Crippen molar-refractivity contribution in [2.45, 2.75) is 83.3 Å². The van der Waals surface area contributed by atoms with Gasteiger partial charge in [-0.1, -0.05) is 12.2 Å². The topological polar surface area (TPSA) is 59.1 Å². The number of amides is 2. The summed E-state index contributed by atoms with van der Waals surface area (Å²) in [4.78, 5) is 29.9. The fourth-order valence-corrected chi connectivity index (χ4v) is 6.26. The van der Waals surface area contributed by atoms with Crippen molar-refractivity contribution in [1.82, 2.24) is 4.90 Å². The third kappa shape index (κ3) is 4.57. The molecule has 2 bridgehead atoms. The molecular weight excluding hydrogens is 473 g/mol. The van der Waals surface area contributed by atoms with Gasteiger partial charge in [-0.15, -0.1) is 0 Å². The Morgan fingerprint density at radius 2 is 1.89 bits per heavy atom. The summed E-state index contributed by atoms with van der Waals surface area (Å²) in [7, 11) is 0. The number of hydrogen-bond donors (Lipinski definition) is 0. The van der Waals surface area contributed by atoms with Crippen LogP contribution in [0.5, 0.6) is 0 Å². The molecule has 1 aliphatic heterocycles. The van der Waals surface area contributed by atoms with Crippen LogP contribution >= 0.6 is 0 Å². The van der Waals surface area contributed by atoms with E-state index in [-0.39, 0.29) is 36.6 Å². The van der Waals surface area contributed by atoms with Crippen LogP contribution < -0.4 is 4.90 Å². The van der Waals surface area contributed by atoms with E-state index in [1.54, 1.807) is 25.7 Å². The normalized spacial score (nSPS) is 28.9. The van der Waals surface area contributed by atoms with Gasteiger partial charge in [-0.25, -0.2) is 9.59 Å². The summed E-state index contributed by atoms with van der Waals surface area (Å²) in [6.45, 7) is 5.39. The number of allylic oxidation sites excluding steroid dienone is 1. The number of rotatable bonds is 5. The lowest BCUT2D eigenvalue weighted by atomic mass is 9.85. The minimum absolute atomic E-state index is 0.150. The van der Waals surface area contributed by atoms with E-state index in [4.69, 9.17) is 9.47 Å². The average molecular weight is 507 g/mol. The summed E-state index contributed by atoms with van der Waals surface area (Å²) >= 11 is 0. The Bertz CT molecular complexity index is 1050. The Morgan fingerprint density at radius 1 is 1.14 bits per heavy atom. The number of anilines is 1. The van der Waals surface area contributed by atoms with Crippen molar-refractivity contribution >= 4 is 17.9 Å². The zero-order chi connectivity index (χ0) is 25.8. The monoisotopic (exact) mass is 506 g/mol. The molecule has 3 aliphatic carbocycles. The van der Waals surface area contributed by atoms with Gasteiger partial charge >= 0.3 is 18.4 Å². The molecule has 4 aliphatic rings. The van der Waals surface area contributed by atoms with Crippen LogP contribution in [0.15, 0.2) is 30.4 Å². The first-order valence-electron chi connectivity index (χ1n) is 12.9. The molecule has 0 radical (unpaired) electrons. The molecule has 1 aromatic rings. The van der Waals surface area contributed by atoms with Gasteiger partial charge in [0.1, 0.15) is 0 Å². The van der Waals surface area contributed by atoms with Gasteiger partial charge in [-0.05, 0) is 94.4 Å². The standard InChI is InChI=1S/C27H33F3N2O4/c1-4-35-25(33)32(22-12-16-5-6-18(22)11-16)24-14-23(17-7-8-17)31(26(34)36-15(2)3)21-10-9-19(13-20(21)24)27(28,29)30/h5-6,9-10,13,15-18,22-24H,4,7-8,11-12,14H2,1-3H3/t16-,18+,22?,23?,24?/m1/s1. The average Bonchev–Trinajstić information content (AvgIpc) is 3.44. The van der Waals surface area contributed by atoms with Gasteiger partial charge < -0.3 is 9.47 Å². The summed E-state index contributed by atoms with van der Waals surface area (Å²) in [6, 6.07) is 2.43. The van der Waals surface area contributed by atoms with Gasteiger partial charge in [-0.2, -0.15) is 13.2 Å². The van der Waals surface area contributed by atoms with Crippen molar-refractivity contribution in [3.8, 4) is 0 Å². The second-order valence-corrected chi connectivity index (χ2v) is 10.7. The van der Waals surface area contributed by atoms with E-state index in [0.29, 0.717) is 23.6 Å². The van der Waals surface area contributed by atoms with Gasteiger partial charge in [0.25, 0.3) is 0 Å². The summed E-state index contributed by atoms with van der Waals surface area (Å²) in [5.74, 6) is 0.724. The molecule has 3 unspecified atom stereocenters. The third-order valence-corrected chi connectivity index (χ3v) is 7.88. The molecule has 5 rings (SSSR count). The van der Waals surface area contributed by atoms with E-state index in [2.05, 4.69) is 12.2 Å². The highest BCUT2D eigenvalue weighted by atomic mass is 19.4. The second-order valence-electron chi connectivity index (χ2n) is 10.7. The van der Waals surface area contributed by atoms with Gasteiger partial charge in [0, 0.05) is 12.1 Å². The van der Waals surface area contributed by atoms with E-state index in [1.807, 2.05) is 0 Å². The van der Waals surface area contributed by atoms with Crippen molar-refractivity contribution in [1.29, 1.82) is 0 Å². The number of benzene rings is 1.